The second-order valence-electron chi connectivity index (χ2n) is 5.31. The van der Waals surface area contributed by atoms with Crippen LogP contribution in [-0.2, 0) is 6.42 Å². The van der Waals surface area contributed by atoms with Crippen LogP contribution in [-0.4, -0.2) is 6.54 Å². The van der Waals surface area contributed by atoms with Gasteiger partial charge in [0.25, 0.3) is 0 Å². The van der Waals surface area contributed by atoms with Crippen molar-refractivity contribution >= 4 is 21.9 Å². The van der Waals surface area contributed by atoms with Crippen LogP contribution in [0.5, 0.6) is 0 Å². The first kappa shape index (κ1) is 20.0. The summed E-state index contributed by atoms with van der Waals surface area (Å²) in [4.78, 5) is 0. The molecular formula is C22H31NO. The summed E-state index contributed by atoms with van der Waals surface area (Å²) in [6.07, 6.45) is 3.04. The molecule has 0 amide bonds. The van der Waals surface area contributed by atoms with E-state index in [1.54, 1.807) is 0 Å². The fourth-order valence-corrected chi connectivity index (χ4v) is 2.55. The van der Waals surface area contributed by atoms with Gasteiger partial charge in [-0.25, -0.2) is 0 Å². The van der Waals surface area contributed by atoms with Gasteiger partial charge in [-0.15, -0.1) is 0 Å². The molecule has 0 aliphatic rings. The Morgan fingerprint density at radius 1 is 0.958 bits per heavy atom. The summed E-state index contributed by atoms with van der Waals surface area (Å²) >= 11 is 0. The van der Waals surface area contributed by atoms with Crippen LogP contribution in [0.15, 0.2) is 52.5 Å². The Bertz CT molecular complexity index is 796. The van der Waals surface area contributed by atoms with E-state index in [4.69, 9.17) is 10.2 Å². The third-order valence-corrected chi connectivity index (χ3v) is 3.80. The summed E-state index contributed by atoms with van der Waals surface area (Å²) in [7, 11) is 0. The van der Waals surface area contributed by atoms with E-state index in [9.17, 15) is 0 Å². The minimum atomic E-state index is 0.606. The van der Waals surface area contributed by atoms with Crippen molar-refractivity contribution in [1.29, 1.82) is 0 Å². The Labute approximate surface area is 146 Å². The number of benzene rings is 2. The monoisotopic (exact) mass is 325 g/mol. The average molecular weight is 325 g/mol. The molecule has 2 aromatic carbocycles. The fraction of sp³-hybridized carbons (Fsp3) is 0.364. The number of hydrogen-bond acceptors (Lipinski definition) is 2. The maximum atomic E-state index is 6.12. The first-order valence-electron chi connectivity index (χ1n) is 8.96. The van der Waals surface area contributed by atoms with Crippen LogP contribution in [0.25, 0.3) is 21.9 Å². The molecule has 1 aromatic heterocycles. The van der Waals surface area contributed by atoms with Gasteiger partial charge in [0.05, 0.1) is 0 Å². The highest BCUT2D eigenvalue weighted by atomic mass is 16.3. The van der Waals surface area contributed by atoms with Gasteiger partial charge in [-0.2, -0.15) is 0 Å². The minimum absolute atomic E-state index is 0.606. The van der Waals surface area contributed by atoms with Crippen LogP contribution in [0.1, 0.15) is 45.7 Å². The number of aryl methyl sites for hydroxylation is 1. The third kappa shape index (κ3) is 4.27. The molecule has 0 bridgehead atoms. The van der Waals surface area contributed by atoms with E-state index in [0.29, 0.717) is 6.54 Å². The number of para-hydroxylation sites is 2. The van der Waals surface area contributed by atoms with E-state index in [0.717, 1.165) is 17.6 Å². The van der Waals surface area contributed by atoms with Crippen molar-refractivity contribution in [2.75, 3.05) is 6.54 Å². The zero-order chi connectivity index (χ0) is 18.1. The maximum absolute atomic E-state index is 6.12. The molecular weight excluding hydrogens is 294 g/mol. The maximum Gasteiger partial charge on any atom is 0.138 e. The first-order chi connectivity index (χ1) is 11.7. The van der Waals surface area contributed by atoms with Crippen LogP contribution in [0.3, 0.4) is 0 Å². The molecule has 0 spiro atoms. The molecule has 0 unspecified atom stereocenters. The number of allylic oxidation sites excluding steroid dienone is 1. The lowest BCUT2D eigenvalue weighted by molar-refractivity contribution is 0.661. The molecule has 2 nitrogen and oxygen atoms in total. The molecule has 0 saturated carbocycles. The molecule has 24 heavy (non-hydrogen) atoms. The molecule has 2 N–H and O–H groups in total. The quantitative estimate of drug-likeness (QED) is 0.566. The summed E-state index contributed by atoms with van der Waals surface area (Å²) in [5.74, 6) is 0. The van der Waals surface area contributed by atoms with E-state index in [1.807, 2.05) is 27.7 Å². The van der Waals surface area contributed by atoms with E-state index in [1.165, 1.54) is 27.5 Å². The molecule has 3 aromatic rings. The predicted molar refractivity (Wildman–Crippen MR) is 108 cm³/mol. The van der Waals surface area contributed by atoms with Gasteiger partial charge in [-0.05, 0) is 31.4 Å². The van der Waals surface area contributed by atoms with Crippen molar-refractivity contribution in [3.63, 3.8) is 0 Å². The zero-order valence-corrected chi connectivity index (χ0v) is 15.9. The van der Waals surface area contributed by atoms with Crippen molar-refractivity contribution in [2.24, 2.45) is 5.73 Å². The molecule has 3 rings (SSSR count). The second kappa shape index (κ2) is 9.94. The molecule has 2 heteroatoms. The molecule has 0 aliphatic carbocycles. The Morgan fingerprint density at radius 3 is 2.17 bits per heavy atom. The smallest absolute Gasteiger partial charge is 0.138 e. The van der Waals surface area contributed by atoms with Gasteiger partial charge in [0.2, 0.25) is 0 Å². The number of nitrogens with two attached hydrogens (primary N) is 1. The Balaban J connectivity index is 0.000000671. The summed E-state index contributed by atoms with van der Waals surface area (Å²) < 4.78 is 6.12. The van der Waals surface area contributed by atoms with Gasteiger partial charge in [0.15, 0.2) is 0 Å². The fourth-order valence-electron chi connectivity index (χ4n) is 2.55. The normalized spacial score (nSPS) is 10.9. The van der Waals surface area contributed by atoms with Crippen LogP contribution in [0.4, 0.5) is 0 Å². The number of fused-ring (bicyclic) bond motifs is 3. The van der Waals surface area contributed by atoms with E-state index < -0.39 is 0 Å². The van der Waals surface area contributed by atoms with E-state index >= 15 is 0 Å². The number of hydrogen-bond donors (Lipinski definition) is 1. The standard InChI is InChI=1S/C18H19NO.2C2H6/c1-12(11-19)9-10-14-6-4-8-16-15-7-3-5-13(2)17(15)20-18(14)16;2*1-2/h3-9H,10-11,19H2,1-2H3;2*1-2H3/b12-9-;;. The molecule has 130 valence electrons. The van der Waals surface area contributed by atoms with Gasteiger partial charge in [0, 0.05) is 17.3 Å². The second-order valence-corrected chi connectivity index (χ2v) is 5.31. The van der Waals surface area contributed by atoms with E-state index in [-0.39, 0.29) is 0 Å². The summed E-state index contributed by atoms with van der Waals surface area (Å²) in [5.41, 5.74) is 11.2. The largest absolute Gasteiger partial charge is 0.455 e. The molecule has 0 radical (unpaired) electrons. The average Bonchev–Trinajstić information content (AvgIpc) is 3.04. The summed E-state index contributed by atoms with van der Waals surface area (Å²) in [6, 6.07) is 12.6. The van der Waals surface area contributed by atoms with Crippen molar-refractivity contribution in [3.05, 3.63) is 59.2 Å². The summed E-state index contributed by atoms with van der Waals surface area (Å²) in [6.45, 7) is 12.8. The predicted octanol–water partition coefficient (Wildman–Crippen LogP) is 6.39. The molecule has 0 fully saturated rings. The van der Waals surface area contributed by atoms with Crippen molar-refractivity contribution < 1.29 is 4.42 Å². The molecule has 1 heterocycles. The number of rotatable bonds is 3. The molecule has 0 atom stereocenters. The Hall–Kier alpha value is -2.06. The summed E-state index contributed by atoms with van der Waals surface area (Å²) in [5, 5.41) is 2.39. The lowest BCUT2D eigenvalue weighted by Crippen LogP contribution is -2.00. The first-order valence-corrected chi connectivity index (χ1v) is 8.96. The number of furan rings is 1. The van der Waals surface area contributed by atoms with Crippen molar-refractivity contribution in [3.8, 4) is 0 Å². The highest BCUT2D eigenvalue weighted by Crippen LogP contribution is 2.32. The molecule has 0 saturated heterocycles. The van der Waals surface area contributed by atoms with Gasteiger partial charge < -0.3 is 10.2 Å². The third-order valence-electron chi connectivity index (χ3n) is 3.80. The van der Waals surface area contributed by atoms with Crippen LogP contribution in [0.2, 0.25) is 0 Å². The van der Waals surface area contributed by atoms with Crippen LogP contribution in [0, 0.1) is 6.92 Å². The van der Waals surface area contributed by atoms with Gasteiger partial charge >= 0.3 is 0 Å². The van der Waals surface area contributed by atoms with Gasteiger partial charge in [-0.3, -0.25) is 0 Å². The molecule has 0 aliphatic heterocycles. The van der Waals surface area contributed by atoms with E-state index in [2.05, 4.69) is 56.3 Å². The zero-order valence-electron chi connectivity index (χ0n) is 15.9. The SMILES string of the molecule is C/C(=C/Cc1cccc2c1oc1c(C)cccc12)CN.CC.CC. The van der Waals surface area contributed by atoms with Gasteiger partial charge in [0.1, 0.15) is 11.2 Å². The Kier molecular flexibility index (Phi) is 8.28. The van der Waals surface area contributed by atoms with Gasteiger partial charge in [-0.1, -0.05) is 75.7 Å². The van der Waals surface area contributed by atoms with Crippen LogP contribution >= 0.6 is 0 Å². The van der Waals surface area contributed by atoms with Crippen molar-refractivity contribution in [1.82, 2.24) is 0 Å². The minimum Gasteiger partial charge on any atom is -0.455 e. The highest BCUT2D eigenvalue weighted by molar-refractivity contribution is 6.06. The Morgan fingerprint density at radius 2 is 1.54 bits per heavy atom. The topological polar surface area (TPSA) is 39.2 Å². The van der Waals surface area contributed by atoms with Crippen LogP contribution < -0.4 is 5.73 Å². The lowest BCUT2D eigenvalue weighted by atomic mass is 10.0. The lowest BCUT2D eigenvalue weighted by Gasteiger charge is -2.00. The highest BCUT2D eigenvalue weighted by Gasteiger charge is 2.11. The van der Waals surface area contributed by atoms with Crippen molar-refractivity contribution in [2.45, 2.75) is 48.0 Å².